The number of hydrogen-bond acceptors (Lipinski definition) is 5. The van der Waals surface area contributed by atoms with E-state index in [1.165, 1.54) is 21.2 Å². The van der Waals surface area contributed by atoms with Gasteiger partial charge in [-0.2, -0.15) is 10.4 Å². The number of rotatable bonds is 3. The largest absolute Gasteiger partial charge is 0.311 e. The highest BCUT2D eigenvalue weighted by Gasteiger charge is 2.27. The smallest absolute Gasteiger partial charge is 0.272 e. The molecule has 2 amide bonds. The number of hydrazone groups is 1. The molecule has 0 fully saturated rings. The summed E-state index contributed by atoms with van der Waals surface area (Å²) in [6.07, 6.45) is 4.57. The molecule has 0 radical (unpaired) electrons. The molecule has 136 valence electrons. The summed E-state index contributed by atoms with van der Waals surface area (Å²) >= 11 is 1.49. The second-order valence-corrected chi connectivity index (χ2v) is 7.67. The van der Waals surface area contributed by atoms with Crippen LogP contribution in [0.5, 0.6) is 0 Å². The number of nitrogens with zero attached hydrogens (tertiary/aromatic N) is 3. The van der Waals surface area contributed by atoms with Gasteiger partial charge in [0.25, 0.3) is 5.91 Å². The van der Waals surface area contributed by atoms with Crippen LogP contribution in [-0.2, 0) is 22.4 Å². The lowest BCUT2D eigenvalue weighted by molar-refractivity contribution is -0.118. The van der Waals surface area contributed by atoms with Crippen LogP contribution in [0.1, 0.15) is 41.7 Å². The number of para-hydroxylation sites is 1. The Hall–Kier alpha value is -2.98. The Morgan fingerprint density at radius 1 is 1.15 bits per heavy atom. The third-order valence-corrected chi connectivity index (χ3v) is 6.01. The Balaban J connectivity index is 1.59. The molecule has 0 saturated heterocycles. The summed E-state index contributed by atoms with van der Waals surface area (Å²) < 4.78 is 0. The lowest BCUT2D eigenvalue weighted by atomic mass is 9.96. The van der Waals surface area contributed by atoms with Gasteiger partial charge in [0.1, 0.15) is 16.8 Å². The first-order valence-electron chi connectivity index (χ1n) is 8.99. The van der Waals surface area contributed by atoms with E-state index in [-0.39, 0.29) is 18.2 Å². The van der Waals surface area contributed by atoms with Gasteiger partial charge in [-0.1, -0.05) is 18.2 Å². The van der Waals surface area contributed by atoms with E-state index in [1.54, 1.807) is 12.1 Å². The maximum absolute atomic E-state index is 12.7. The molecule has 1 aromatic carbocycles. The Labute approximate surface area is 161 Å². The van der Waals surface area contributed by atoms with Crippen molar-refractivity contribution in [2.75, 3.05) is 10.3 Å². The quantitative estimate of drug-likeness (QED) is 0.885. The average Bonchev–Trinajstić information content (AvgIpc) is 3.05. The van der Waals surface area contributed by atoms with Crippen molar-refractivity contribution in [1.82, 2.24) is 0 Å². The number of hydrogen-bond donors (Lipinski definition) is 1. The molecular weight excluding hydrogens is 360 g/mol. The molecule has 0 bridgehead atoms. The number of nitriles is 1. The van der Waals surface area contributed by atoms with E-state index in [9.17, 15) is 14.9 Å². The summed E-state index contributed by atoms with van der Waals surface area (Å²) in [5, 5.41) is 18.6. The third kappa shape index (κ3) is 3.36. The van der Waals surface area contributed by atoms with Crippen molar-refractivity contribution >= 4 is 39.6 Å². The number of fused-ring (bicyclic) bond motifs is 1. The SMILES string of the molecule is N#Cc1c(NC(=O)C2=NN(c3ccccc3)C(=O)CC2)sc2c1CCCC2. The van der Waals surface area contributed by atoms with Gasteiger partial charge in [0, 0.05) is 17.7 Å². The predicted molar refractivity (Wildman–Crippen MR) is 105 cm³/mol. The van der Waals surface area contributed by atoms with E-state index in [4.69, 9.17) is 0 Å². The molecule has 0 unspecified atom stereocenters. The van der Waals surface area contributed by atoms with Crippen molar-refractivity contribution in [3.05, 3.63) is 46.3 Å². The molecule has 7 heteroatoms. The van der Waals surface area contributed by atoms with Crippen molar-refractivity contribution in [2.24, 2.45) is 5.10 Å². The molecule has 1 aromatic heterocycles. The number of benzene rings is 1. The van der Waals surface area contributed by atoms with Crippen LogP contribution in [0.2, 0.25) is 0 Å². The second-order valence-electron chi connectivity index (χ2n) is 6.57. The first-order chi connectivity index (χ1) is 13.2. The van der Waals surface area contributed by atoms with Crippen LogP contribution in [-0.4, -0.2) is 17.5 Å². The van der Waals surface area contributed by atoms with Gasteiger partial charge in [-0.25, -0.2) is 5.01 Å². The highest BCUT2D eigenvalue weighted by Crippen LogP contribution is 2.37. The summed E-state index contributed by atoms with van der Waals surface area (Å²) in [7, 11) is 0. The predicted octanol–water partition coefficient (Wildman–Crippen LogP) is 3.62. The fourth-order valence-corrected chi connectivity index (χ4v) is 4.67. The molecule has 1 aliphatic carbocycles. The molecule has 0 spiro atoms. The number of anilines is 2. The maximum atomic E-state index is 12.7. The van der Waals surface area contributed by atoms with Crippen molar-refractivity contribution in [3.8, 4) is 6.07 Å². The number of carbonyl (C=O) groups excluding carboxylic acids is 2. The van der Waals surface area contributed by atoms with Crippen LogP contribution in [0.3, 0.4) is 0 Å². The van der Waals surface area contributed by atoms with E-state index in [1.807, 2.05) is 18.2 Å². The molecule has 0 saturated carbocycles. The van der Waals surface area contributed by atoms with Crippen LogP contribution >= 0.6 is 11.3 Å². The topological polar surface area (TPSA) is 85.6 Å². The number of amides is 2. The Bertz CT molecular complexity index is 972. The molecule has 27 heavy (non-hydrogen) atoms. The fraction of sp³-hybridized carbons (Fsp3) is 0.300. The Morgan fingerprint density at radius 2 is 1.93 bits per heavy atom. The fourth-order valence-electron chi connectivity index (χ4n) is 3.44. The zero-order valence-electron chi connectivity index (χ0n) is 14.7. The maximum Gasteiger partial charge on any atom is 0.272 e. The summed E-state index contributed by atoms with van der Waals surface area (Å²) in [5.74, 6) is -0.486. The molecule has 1 N–H and O–H groups in total. The Morgan fingerprint density at radius 3 is 2.70 bits per heavy atom. The lowest BCUT2D eigenvalue weighted by Gasteiger charge is -2.23. The number of nitrogens with one attached hydrogen (secondary N) is 1. The second kappa shape index (κ2) is 7.33. The zero-order chi connectivity index (χ0) is 18.8. The summed E-state index contributed by atoms with van der Waals surface area (Å²) in [6, 6.07) is 11.3. The highest BCUT2D eigenvalue weighted by molar-refractivity contribution is 7.16. The van der Waals surface area contributed by atoms with Gasteiger partial charge in [0.05, 0.1) is 11.3 Å². The third-order valence-electron chi connectivity index (χ3n) is 4.81. The van der Waals surface area contributed by atoms with Crippen LogP contribution < -0.4 is 10.3 Å². The van der Waals surface area contributed by atoms with Crippen molar-refractivity contribution in [3.63, 3.8) is 0 Å². The lowest BCUT2D eigenvalue weighted by Crippen LogP contribution is -2.36. The van der Waals surface area contributed by atoms with Crippen LogP contribution in [0.4, 0.5) is 10.7 Å². The number of thiophene rings is 1. The number of aryl methyl sites for hydroxylation is 1. The number of carbonyl (C=O) groups is 2. The molecule has 4 rings (SSSR count). The minimum atomic E-state index is -0.349. The van der Waals surface area contributed by atoms with E-state index in [0.717, 1.165) is 31.2 Å². The molecule has 2 heterocycles. The van der Waals surface area contributed by atoms with E-state index in [2.05, 4.69) is 16.5 Å². The van der Waals surface area contributed by atoms with Gasteiger partial charge in [-0.15, -0.1) is 11.3 Å². The van der Waals surface area contributed by atoms with Gasteiger partial charge in [-0.05, 0) is 43.4 Å². The van der Waals surface area contributed by atoms with Gasteiger partial charge in [0.15, 0.2) is 0 Å². The zero-order valence-corrected chi connectivity index (χ0v) is 15.5. The van der Waals surface area contributed by atoms with E-state index >= 15 is 0 Å². The van der Waals surface area contributed by atoms with Crippen LogP contribution in [0.25, 0.3) is 0 Å². The molecule has 6 nitrogen and oxygen atoms in total. The standard InChI is InChI=1S/C20H18N4O2S/c21-12-15-14-8-4-5-9-17(14)27-20(15)22-19(26)16-10-11-18(25)24(23-16)13-6-2-1-3-7-13/h1-3,6-7H,4-5,8-11H2,(H,22,26). The average molecular weight is 378 g/mol. The van der Waals surface area contributed by atoms with Gasteiger partial charge in [0.2, 0.25) is 5.91 Å². The van der Waals surface area contributed by atoms with Crippen molar-refractivity contribution < 1.29 is 9.59 Å². The Kier molecular flexibility index (Phi) is 4.73. The first-order valence-corrected chi connectivity index (χ1v) is 9.80. The van der Waals surface area contributed by atoms with Gasteiger partial charge < -0.3 is 5.32 Å². The first kappa shape index (κ1) is 17.4. The van der Waals surface area contributed by atoms with E-state index in [0.29, 0.717) is 28.4 Å². The van der Waals surface area contributed by atoms with E-state index < -0.39 is 0 Å². The molecule has 0 atom stereocenters. The molecule has 1 aliphatic heterocycles. The highest BCUT2D eigenvalue weighted by atomic mass is 32.1. The summed E-state index contributed by atoms with van der Waals surface area (Å²) in [4.78, 5) is 26.1. The molecule has 2 aromatic rings. The normalized spacial score (nSPS) is 16.3. The summed E-state index contributed by atoms with van der Waals surface area (Å²) in [5.41, 5.74) is 2.59. The monoisotopic (exact) mass is 378 g/mol. The van der Waals surface area contributed by atoms with Gasteiger partial charge in [-0.3, -0.25) is 9.59 Å². The minimum absolute atomic E-state index is 0.137. The minimum Gasteiger partial charge on any atom is -0.311 e. The molecular formula is C20H18N4O2S. The summed E-state index contributed by atoms with van der Waals surface area (Å²) in [6.45, 7) is 0. The van der Waals surface area contributed by atoms with Crippen LogP contribution in [0.15, 0.2) is 35.4 Å². The van der Waals surface area contributed by atoms with Crippen molar-refractivity contribution in [1.29, 1.82) is 5.26 Å². The molecule has 2 aliphatic rings. The van der Waals surface area contributed by atoms with Crippen LogP contribution in [0, 0.1) is 11.3 Å². The van der Waals surface area contributed by atoms with Gasteiger partial charge >= 0.3 is 0 Å². The van der Waals surface area contributed by atoms with Crippen molar-refractivity contribution in [2.45, 2.75) is 38.5 Å².